The van der Waals surface area contributed by atoms with Gasteiger partial charge >= 0.3 is 0 Å². The van der Waals surface area contributed by atoms with Gasteiger partial charge in [-0.1, -0.05) is 6.07 Å². The van der Waals surface area contributed by atoms with E-state index in [1.807, 2.05) is 0 Å². The normalized spacial score (nSPS) is 21.6. The number of carbonyl (C=O) groups is 1. The number of nitrogens with zero attached hydrogens (tertiary/aromatic N) is 3. The second kappa shape index (κ2) is 8.81. The highest BCUT2D eigenvalue weighted by Gasteiger charge is 2.30. The number of benzene rings is 1. The Kier molecular flexibility index (Phi) is 6.12. The van der Waals surface area contributed by atoms with E-state index in [1.54, 1.807) is 36.2 Å². The number of amides is 1. The Morgan fingerprint density at radius 2 is 2.19 bits per heavy atom. The molecule has 0 aliphatic carbocycles. The Morgan fingerprint density at radius 1 is 1.39 bits per heavy atom. The first-order valence-corrected chi connectivity index (χ1v) is 10.8. The molecule has 3 heterocycles. The molecule has 4 rings (SSSR count). The van der Waals surface area contributed by atoms with Gasteiger partial charge in [-0.2, -0.15) is 5.10 Å². The van der Waals surface area contributed by atoms with Crippen LogP contribution in [0, 0.1) is 12.7 Å². The lowest BCUT2D eigenvalue weighted by Crippen LogP contribution is -2.32. The van der Waals surface area contributed by atoms with E-state index in [2.05, 4.69) is 15.4 Å². The van der Waals surface area contributed by atoms with Crippen LogP contribution in [0.25, 0.3) is 10.6 Å². The Bertz CT molecular complexity index is 1090. The van der Waals surface area contributed by atoms with Crippen molar-refractivity contribution in [2.24, 2.45) is 12.8 Å². The lowest BCUT2D eigenvalue weighted by atomic mass is 10.0. The number of thiazole rings is 1. The van der Waals surface area contributed by atoms with Crippen LogP contribution >= 0.6 is 11.3 Å². The maximum absolute atomic E-state index is 14.2. The average Bonchev–Trinajstić information content (AvgIpc) is 3.31. The van der Waals surface area contributed by atoms with Crippen molar-refractivity contribution in [1.82, 2.24) is 14.8 Å². The number of aryl methyl sites for hydroxylation is 2. The van der Waals surface area contributed by atoms with Gasteiger partial charge in [-0.05, 0) is 37.5 Å². The molecule has 3 N–H and O–H groups in total. The fraction of sp³-hybridized carbons (Fsp3) is 0.381. The molecule has 164 valence electrons. The van der Waals surface area contributed by atoms with Crippen LogP contribution < -0.4 is 11.1 Å². The minimum atomic E-state index is -1.23. The van der Waals surface area contributed by atoms with Gasteiger partial charge in [0.05, 0.1) is 24.2 Å². The summed E-state index contributed by atoms with van der Waals surface area (Å²) in [5, 5.41) is 9.01. The summed E-state index contributed by atoms with van der Waals surface area (Å²) >= 11 is 1.19. The van der Waals surface area contributed by atoms with Gasteiger partial charge in [0.25, 0.3) is 5.91 Å². The van der Waals surface area contributed by atoms with Crippen molar-refractivity contribution in [3.05, 3.63) is 52.5 Å². The number of rotatable bonds is 4. The lowest BCUT2D eigenvalue weighted by molar-refractivity contribution is 0.0247. The highest BCUT2D eigenvalue weighted by molar-refractivity contribution is 7.13. The Morgan fingerprint density at radius 3 is 2.97 bits per heavy atom. The largest absolute Gasteiger partial charge is 0.369 e. The van der Waals surface area contributed by atoms with Crippen molar-refractivity contribution >= 4 is 22.9 Å². The number of nitrogens with one attached hydrogen (secondary N) is 1. The maximum Gasteiger partial charge on any atom is 0.275 e. The maximum atomic E-state index is 14.2. The lowest BCUT2D eigenvalue weighted by Gasteiger charge is -2.17. The molecule has 2 aromatic heterocycles. The van der Waals surface area contributed by atoms with Crippen LogP contribution in [0.2, 0.25) is 0 Å². The number of alkyl halides is 1. The third kappa shape index (κ3) is 4.51. The topological polar surface area (TPSA) is 95.1 Å². The van der Waals surface area contributed by atoms with Crippen LogP contribution in [0.15, 0.2) is 29.8 Å². The third-order valence-corrected chi connectivity index (χ3v) is 6.19. The molecule has 10 heteroatoms. The first-order chi connectivity index (χ1) is 14.8. The van der Waals surface area contributed by atoms with Crippen molar-refractivity contribution in [1.29, 1.82) is 0 Å². The quantitative estimate of drug-likeness (QED) is 0.635. The molecule has 1 aromatic carbocycles. The average molecular weight is 448 g/mol. The van der Waals surface area contributed by atoms with E-state index in [1.165, 1.54) is 23.6 Å². The summed E-state index contributed by atoms with van der Waals surface area (Å²) in [6, 6.07) is 4.30. The van der Waals surface area contributed by atoms with Crippen molar-refractivity contribution in [3.63, 3.8) is 0 Å². The van der Waals surface area contributed by atoms with E-state index in [-0.39, 0.29) is 18.1 Å². The molecule has 1 aliphatic rings. The van der Waals surface area contributed by atoms with Crippen LogP contribution in [0.4, 0.5) is 14.5 Å². The van der Waals surface area contributed by atoms with E-state index in [9.17, 15) is 13.6 Å². The SMILES string of the molecule is Cc1ccc(-c2nc(C(=O)Nc3cnn(C)c3[C@@H]3CC[C@@H](N)[C@H](F)CO3)cs2)c(F)c1. The molecule has 3 aromatic rings. The monoisotopic (exact) mass is 447 g/mol. The molecule has 0 radical (unpaired) electrons. The van der Waals surface area contributed by atoms with Crippen LogP contribution in [-0.2, 0) is 11.8 Å². The molecule has 0 saturated carbocycles. The molecule has 1 fully saturated rings. The van der Waals surface area contributed by atoms with Crippen LogP contribution in [0.1, 0.15) is 40.7 Å². The summed E-state index contributed by atoms with van der Waals surface area (Å²) < 4.78 is 35.4. The van der Waals surface area contributed by atoms with Gasteiger partial charge < -0.3 is 15.8 Å². The minimum Gasteiger partial charge on any atom is -0.369 e. The highest BCUT2D eigenvalue weighted by Crippen LogP contribution is 2.33. The number of aromatic nitrogens is 3. The van der Waals surface area contributed by atoms with E-state index in [0.717, 1.165) is 5.56 Å². The Balaban J connectivity index is 1.53. The molecule has 1 aliphatic heterocycles. The van der Waals surface area contributed by atoms with Gasteiger partial charge in [-0.3, -0.25) is 9.48 Å². The molecule has 0 unspecified atom stereocenters. The van der Waals surface area contributed by atoms with E-state index in [4.69, 9.17) is 10.5 Å². The molecule has 0 spiro atoms. The molecular weight excluding hydrogens is 424 g/mol. The third-order valence-electron chi connectivity index (χ3n) is 5.31. The number of hydrogen-bond acceptors (Lipinski definition) is 6. The number of carbonyl (C=O) groups excluding carboxylic acids is 1. The van der Waals surface area contributed by atoms with Crippen molar-refractivity contribution < 1.29 is 18.3 Å². The number of ether oxygens (including phenoxy) is 1. The zero-order valence-corrected chi connectivity index (χ0v) is 18.0. The van der Waals surface area contributed by atoms with E-state index >= 15 is 0 Å². The molecule has 0 bridgehead atoms. The number of halogens is 2. The van der Waals surface area contributed by atoms with Crippen LogP contribution in [0.3, 0.4) is 0 Å². The predicted octanol–water partition coefficient (Wildman–Crippen LogP) is 3.76. The summed E-state index contributed by atoms with van der Waals surface area (Å²) in [5.74, 6) is -0.830. The Hall–Kier alpha value is -2.69. The van der Waals surface area contributed by atoms with Gasteiger partial charge in [0.2, 0.25) is 0 Å². The predicted molar refractivity (Wildman–Crippen MR) is 114 cm³/mol. The first-order valence-electron chi connectivity index (χ1n) is 9.90. The number of anilines is 1. The fourth-order valence-electron chi connectivity index (χ4n) is 3.56. The number of hydrogen-bond donors (Lipinski definition) is 2. The van der Waals surface area contributed by atoms with Gasteiger partial charge in [-0.25, -0.2) is 13.8 Å². The fourth-order valence-corrected chi connectivity index (χ4v) is 4.39. The molecule has 1 saturated heterocycles. The smallest absolute Gasteiger partial charge is 0.275 e. The van der Waals surface area contributed by atoms with Crippen LogP contribution in [-0.4, -0.2) is 39.5 Å². The van der Waals surface area contributed by atoms with Crippen molar-refractivity contribution in [2.75, 3.05) is 11.9 Å². The van der Waals surface area contributed by atoms with Crippen molar-refractivity contribution in [3.8, 4) is 10.6 Å². The molecule has 7 nitrogen and oxygen atoms in total. The van der Waals surface area contributed by atoms with E-state index in [0.29, 0.717) is 34.8 Å². The van der Waals surface area contributed by atoms with Gasteiger partial charge in [0.1, 0.15) is 28.8 Å². The summed E-state index contributed by atoms with van der Waals surface area (Å²) in [7, 11) is 1.73. The van der Waals surface area contributed by atoms with Gasteiger partial charge in [0, 0.05) is 24.0 Å². The highest BCUT2D eigenvalue weighted by atomic mass is 32.1. The Labute approximate surface area is 182 Å². The summed E-state index contributed by atoms with van der Waals surface area (Å²) in [6.07, 6.45) is 0.815. The number of nitrogens with two attached hydrogens (primary N) is 1. The van der Waals surface area contributed by atoms with Crippen LogP contribution in [0.5, 0.6) is 0 Å². The summed E-state index contributed by atoms with van der Waals surface area (Å²) in [4.78, 5) is 17.1. The molecular formula is C21H23F2N5O2S. The zero-order valence-electron chi connectivity index (χ0n) is 17.1. The first kappa shape index (κ1) is 21.5. The summed E-state index contributed by atoms with van der Waals surface area (Å²) in [6.45, 7) is 1.69. The van der Waals surface area contributed by atoms with E-state index < -0.39 is 24.2 Å². The van der Waals surface area contributed by atoms with Gasteiger partial charge in [-0.15, -0.1) is 11.3 Å². The van der Waals surface area contributed by atoms with Crippen molar-refractivity contribution in [2.45, 2.75) is 38.1 Å². The molecule has 3 atom stereocenters. The summed E-state index contributed by atoms with van der Waals surface area (Å²) in [5.41, 5.74) is 8.23. The standard InChI is InChI=1S/C21H23F2N5O2S/c1-11-3-4-12(13(22)7-11)21-27-17(10-31-21)20(29)26-16-8-25-28(2)19(16)18-6-5-15(24)14(23)9-30-18/h3-4,7-8,10,14-15,18H,5-6,9,24H2,1-2H3,(H,26,29)/t14-,15-,18+/m1/s1. The molecule has 31 heavy (non-hydrogen) atoms. The second-order valence-electron chi connectivity index (χ2n) is 7.62. The minimum absolute atomic E-state index is 0.109. The van der Waals surface area contributed by atoms with Gasteiger partial charge in [0.15, 0.2) is 0 Å². The second-order valence-corrected chi connectivity index (χ2v) is 8.48. The molecule has 1 amide bonds. The zero-order chi connectivity index (χ0) is 22.1.